The lowest BCUT2D eigenvalue weighted by Gasteiger charge is -2.09. The molecule has 0 spiro atoms. The Morgan fingerprint density at radius 3 is 2.58 bits per heavy atom. The molecule has 1 amide bonds. The molecule has 0 saturated carbocycles. The average Bonchev–Trinajstić information content (AvgIpc) is 2.87. The number of carbonyl (C=O) groups excluding carboxylic acids is 2. The van der Waals surface area contributed by atoms with Gasteiger partial charge in [0.15, 0.2) is 17.0 Å². The highest BCUT2D eigenvalue weighted by molar-refractivity contribution is 7.17. The highest BCUT2D eigenvalue weighted by Gasteiger charge is 2.18. The number of nitrogens with zero attached hydrogens (tertiary/aromatic N) is 1. The number of thiazole rings is 1. The Bertz CT molecular complexity index is 595. The number of carbonyl (C=O) groups is 2. The standard InChI is InChI=1S/C13H12N2O3S/c1-8(16)10-7-14-13(19-10)15-12(18)11(17)9-5-3-2-4-6-9/h2-7,11,17H,1H3,(H,14,15,18). The number of aromatic nitrogens is 1. The molecule has 0 aliphatic heterocycles. The normalized spacial score (nSPS) is 11.9. The molecule has 2 N–H and O–H groups in total. The molecule has 2 rings (SSSR count). The Kier molecular flexibility index (Phi) is 4.03. The number of ketones is 1. The van der Waals surface area contributed by atoms with E-state index in [1.54, 1.807) is 30.3 Å². The van der Waals surface area contributed by atoms with Crippen LogP contribution in [0.15, 0.2) is 36.5 Å². The van der Waals surface area contributed by atoms with E-state index in [2.05, 4.69) is 10.3 Å². The molecule has 0 aliphatic rings. The lowest BCUT2D eigenvalue weighted by atomic mass is 10.1. The molecule has 19 heavy (non-hydrogen) atoms. The summed E-state index contributed by atoms with van der Waals surface area (Å²) in [6, 6.07) is 8.60. The first-order valence-electron chi connectivity index (χ1n) is 5.58. The summed E-state index contributed by atoms with van der Waals surface area (Å²) >= 11 is 1.08. The van der Waals surface area contributed by atoms with E-state index in [9.17, 15) is 14.7 Å². The quantitative estimate of drug-likeness (QED) is 0.837. The van der Waals surface area contributed by atoms with Crippen LogP contribution in [0.1, 0.15) is 28.3 Å². The fraction of sp³-hybridized carbons (Fsp3) is 0.154. The molecular formula is C13H12N2O3S. The van der Waals surface area contributed by atoms with Crippen LogP contribution in [-0.4, -0.2) is 21.8 Å². The Labute approximate surface area is 113 Å². The molecular weight excluding hydrogens is 264 g/mol. The maximum atomic E-state index is 11.8. The van der Waals surface area contributed by atoms with Crippen LogP contribution in [0.3, 0.4) is 0 Å². The zero-order valence-electron chi connectivity index (χ0n) is 10.2. The van der Waals surface area contributed by atoms with Crippen LogP contribution in [0.4, 0.5) is 5.13 Å². The summed E-state index contributed by atoms with van der Waals surface area (Å²) in [6.07, 6.45) is 0.142. The number of aliphatic hydroxyl groups is 1. The number of rotatable bonds is 4. The molecule has 0 aliphatic carbocycles. The predicted octanol–water partition coefficient (Wildman–Crippen LogP) is 2.02. The van der Waals surface area contributed by atoms with Gasteiger partial charge in [-0.05, 0) is 5.56 Å². The van der Waals surface area contributed by atoms with Crippen molar-refractivity contribution in [3.63, 3.8) is 0 Å². The second kappa shape index (κ2) is 5.73. The summed E-state index contributed by atoms with van der Waals surface area (Å²) in [5.41, 5.74) is 0.503. The highest BCUT2D eigenvalue weighted by Crippen LogP contribution is 2.20. The second-order valence-electron chi connectivity index (χ2n) is 3.89. The van der Waals surface area contributed by atoms with Gasteiger partial charge in [-0.15, -0.1) is 0 Å². The van der Waals surface area contributed by atoms with Crippen molar-refractivity contribution in [3.05, 3.63) is 47.0 Å². The number of aliphatic hydroxyl groups excluding tert-OH is 1. The zero-order valence-corrected chi connectivity index (χ0v) is 11.0. The van der Waals surface area contributed by atoms with Gasteiger partial charge >= 0.3 is 0 Å². The van der Waals surface area contributed by atoms with Gasteiger partial charge in [-0.2, -0.15) is 0 Å². The van der Waals surface area contributed by atoms with Crippen molar-refractivity contribution in [1.82, 2.24) is 4.98 Å². The fourth-order valence-corrected chi connectivity index (χ4v) is 2.17. The van der Waals surface area contributed by atoms with Crippen LogP contribution in [0.2, 0.25) is 0 Å². The van der Waals surface area contributed by atoms with Gasteiger partial charge in [0.25, 0.3) is 5.91 Å². The SMILES string of the molecule is CC(=O)c1cnc(NC(=O)C(O)c2ccccc2)s1. The maximum Gasteiger partial charge on any atom is 0.259 e. The molecule has 1 aromatic heterocycles. The Morgan fingerprint density at radius 1 is 1.32 bits per heavy atom. The van der Waals surface area contributed by atoms with Crippen molar-refractivity contribution >= 4 is 28.2 Å². The van der Waals surface area contributed by atoms with Crippen LogP contribution in [0.25, 0.3) is 0 Å². The highest BCUT2D eigenvalue weighted by atomic mass is 32.1. The molecule has 0 fully saturated rings. The molecule has 1 atom stereocenters. The summed E-state index contributed by atoms with van der Waals surface area (Å²) in [5, 5.41) is 12.6. The van der Waals surface area contributed by atoms with Crippen molar-refractivity contribution in [2.24, 2.45) is 0 Å². The van der Waals surface area contributed by atoms with Crippen LogP contribution in [-0.2, 0) is 4.79 Å². The molecule has 0 radical (unpaired) electrons. The predicted molar refractivity (Wildman–Crippen MR) is 72.2 cm³/mol. The van der Waals surface area contributed by atoms with Gasteiger partial charge in [-0.1, -0.05) is 41.7 Å². The minimum Gasteiger partial charge on any atom is -0.378 e. The van der Waals surface area contributed by atoms with Crippen LogP contribution >= 0.6 is 11.3 Å². The van der Waals surface area contributed by atoms with Gasteiger partial charge < -0.3 is 5.11 Å². The first-order chi connectivity index (χ1) is 9.08. The second-order valence-corrected chi connectivity index (χ2v) is 4.92. The summed E-state index contributed by atoms with van der Waals surface area (Å²) in [5.74, 6) is -0.683. The molecule has 5 nitrogen and oxygen atoms in total. The Balaban J connectivity index is 2.06. The summed E-state index contributed by atoms with van der Waals surface area (Å²) in [7, 11) is 0. The molecule has 98 valence electrons. The van der Waals surface area contributed by atoms with E-state index in [0.29, 0.717) is 15.6 Å². The van der Waals surface area contributed by atoms with Crippen molar-refractivity contribution in [3.8, 4) is 0 Å². The van der Waals surface area contributed by atoms with Gasteiger partial charge in [-0.25, -0.2) is 4.98 Å². The topological polar surface area (TPSA) is 79.3 Å². The number of Topliss-reactive ketones (excluding diaryl/α,β-unsaturated/α-hetero) is 1. The number of hydrogen-bond acceptors (Lipinski definition) is 5. The molecule has 6 heteroatoms. The van der Waals surface area contributed by atoms with Crippen LogP contribution in [0.5, 0.6) is 0 Å². The largest absolute Gasteiger partial charge is 0.378 e. The third kappa shape index (κ3) is 3.24. The third-order valence-electron chi connectivity index (χ3n) is 2.45. The van der Waals surface area contributed by atoms with Gasteiger partial charge in [0.05, 0.1) is 11.1 Å². The lowest BCUT2D eigenvalue weighted by molar-refractivity contribution is -0.124. The van der Waals surface area contributed by atoms with Crippen molar-refractivity contribution in [1.29, 1.82) is 0 Å². The van der Waals surface area contributed by atoms with Crippen molar-refractivity contribution in [2.75, 3.05) is 5.32 Å². The smallest absolute Gasteiger partial charge is 0.259 e. The molecule has 2 aromatic rings. The number of anilines is 1. The lowest BCUT2D eigenvalue weighted by Crippen LogP contribution is -2.20. The van der Waals surface area contributed by atoms with Crippen LogP contribution < -0.4 is 5.32 Å². The minimum atomic E-state index is -1.26. The number of amides is 1. The van der Waals surface area contributed by atoms with E-state index in [1.807, 2.05) is 0 Å². The van der Waals surface area contributed by atoms with E-state index in [0.717, 1.165) is 11.3 Å². The van der Waals surface area contributed by atoms with E-state index < -0.39 is 12.0 Å². The molecule has 0 saturated heterocycles. The minimum absolute atomic E-state index is 0.110. The molecule has 1 aromatic carbocycles. The first-order valence-corrected chi connectivity index (χ1v) is 6.40. The first kappa shape index (κ1) is 13.4. The monoisotopic (exact) mass is 276 g/mol. The number of hydrogen-bond donors (Lipinski definition) is 2. The number of benzene rings is 1. The van der Waals surface area contributed by atoms with E-state index in [4.69, 9.17) is 0 Å². The number of nitrogens with one attached hydrogen (secondary N) is 1. The Morgan fingerprint density at radius 2 is 2.00 bits per heavy atom. The molecule has 1 unspecified atom stereocenters. The fourth-order valence-electron chi connectivity index (χ4n) is 1.46. The molecule has 1 heterocycles. The summed E-state index contributed by atoms with van der Waals surface area (Å²) in [4.78, 5) is 27.3. The zero-order chi connectivity index (χ0) is 13.8. The summed E-state index contributed by atoms with van der Waals surface area (Å²) < 4.78 is 0. The summed E-state index contributed by atoms with van der Waals surface area (Å²) in [6.45, 7) is 1.43. The van der Waals surface area contributed by atoms with E-state index in [1.165, 1.54) is 13.1 Å². The van der Waals surface area contributed by atoms with E-state index >= 15 is 0 Å². The van der Waals surface area contributed by atoms with Crippen molar-refractivity contribution < 1.29 is 14.7 Å². The van der Waals surface area contributed by atoms with Gasteiger partial charge in [-0.3, -0.25) is 14.9 Å². The van der Waals surface area contributed by atoms with Crippen molar-refractivity contribution in [2.45, 2.75) is 13.0 Å². The maximum absolute atomic E-state index is 11.8. The van der Waals surface area contributed by atoms with E-state index in [-0.39, 0.29) is 5.78 Å². The molecule has 0 bridgehead atoms. The Hall–Kier alpha value is -2.05. The van der Waals surface area contributed by atoms with Gasteiger partial charge in [0.2, 0.25) is 0 Å². The van der Waals surface area contributed by atoms with Gasteiger partial charge in [0.1, 0.15) is 0 Å². The van der Waals surface area contributed by atoms with Gasteiger partial charge in [0, 0.05) is 6.92 Å². The third-order valence-corrected chi connectivity index (χ3v) is 3.46. The van der Waals surface area contributed by atoms with Crippen LogP contribution in [0, 0.1) is 0 Å². The average molecular weight is 276 g/mol.